The van der Waals surface area contributed by atoms with Gasteiger partial charge in [0.15, 0.2) is 0 Å². The molecule has 1 atom stereocenters. The highest BCUT2D eigenvalue weighted by atomic mass is 15.2. The normalized spacial score (nSPS) is 12.4. The quantitative estimate of drug-likeness (QED) is 0.638. The third kappa shape index (κ3) is 3.40. The van der Waals surface area contributed by atoms with E-state index in [9.17, 15) is 0 Å². The summed E-state index contributed by atoms with van der Waals surface area (Å²) in [6.07, 6.45) is 5.96. The van der Waals surface area contributed by atoms with Crippen molar-refractivity contribution in [1.82, 2.24) is 10.4 Å². The summed E-state index contributed by atoms with van der Waals surface area (Å²) < 4.78 is 0. The van der Waals surface area contributed by atoms with E-state index in [0.717, 1.165) is 24.0 Å². The van der Waals surface area contributed by atoms with Crippen molar-refractivity contribution in [2.24, 2.45) is 5.84 Å². The van der Waals surface area contributed by atoms with Crippen molar-refractivity contribution in [3.05, 3.63) is 65.0 Å². The predicted molar refractivity (Wildman–Crippen MR) is 78.6 cm³/mol. The Balaban J connectivity index is 2.33. The molecule has 0 aliphatic heterocycles. The first kappa shape index (κ1) is 13.7. The van der Waals surface area contributed by atoms with E-state index < -0.39 is 0 Å². The first-order valence-corrected chi connectivity index (χ1v) is 6.71. The maximum Gasteiger partial charge on any atom is 0.0725 e. The molecule has 0 radical (unpaired) electrons. The smallest absolute Gasteiger partial charge is 0.0725 e. The van der Waals surface area contributed by atoms with Crippen LogP contribution in [0.4, 0.5) is 0 Å². The molecule has 0 fully saturated rings. The molecule has 0 aliphatic carbocycles. The topological polar surface area (TPSA) is 50.9 Å². The number of rotatable bonds is 5. The van der Waals surface area contributed by atoms with Crippen LogP contribution in [-0.4, -0.2) is 4.98 Å². The molecule has 2 aromatic rings. The van der Waals surface area contributed by atoms with E-state index in [1.165, 1.54) is 11.1 Å². The number of hydrazine groups is 1. The Labute approximate surface area is 114 Å². The summed E-state index contributed by atoms with van der Waals surface area (Å²) in [5, 5.41) is 0. The number of aromatic nitrogens is 1. The van der Waals surface area contributed by atoms with Crippen LogP contribution in [0.3, 0.4) is 0 Å². The molecule has 3 N–H and O–H groups in total. The van der Waals surface area contributed by atoms with Crippen LogP contribution in [0.25, 0.3) is 0 Å². The number of hydrogen-bond donors (Lipinski definition) is 2. The van der Waals surface area contributed by atoms with Gasteiger partial charge < -0.3 is 0 Å². The maximum absolute atomic E-state index is 5.73. The summed E-state index contributed by atoms with van der Waals surface area (Å²) in [5.41, 5.74) is 7.66. The predicted octanol–water partition coefficient (Wildman–Crippen LogP) is 2.90. The van der Waals surface area contributed by atoms with E-state index in [2.05, 4.69) is 47.7 Å². The molecule has 0 aliphatic rings. The Bertz CT molecular complexity index is 537. The fourth-order valence-corrected chi connectivity index (χ4v) is 2.34. The van der Waals surface area contributed by atoms with E-state index in [0.29, 0.717) is 0 Å². The average Bonchev–Trinajstić information content (AvgIpc) is 2.41. The average molecular weight is 255 g/mol. The molecule has 0 saturated heterocycles. The lowest BCUT2D eigenvalue weighted by atomic mass is 9.97. The van der Waals surface area contributed by atoms with Crippen molar-refractivity contribution in [3.8, 4) is 0 Å². The van der Waals surface area contributed by atoms with Crippen molar-refractivity contribution in [3.63, 3.8) is 0 Å². The molecule has 2 rings (SSSR count). The number of nitrogens with one attached hydrogen (secondary N) is 1. The molecule has 3 nitrogen and oxygen atoms in total. The van der Waals surface area contributed by atoms with Gasteiger partial charge in [-0.1, -0.05) is 43.7 Å². The molecule has 19 heavy (non-hydrogen) atoms. The van der Waals surface area contributed by atoms with E-state index in [-0.39, 0.29) is 6.04 Å². The minimum atomic E-state index is -0.00999. The number of nitrogens with zero attached hydrogens (tertiary/aromatic N) is 1. The van der Waals surface area contributed by atoms with Gasteiger partial charge in [0.25, 0.3) is 0 Å². The minimum Gasteiger partial charge on any atom is -0.271 e. The van der Waals surface area contributed by atoms with Gasteiger partial charge in [-0.3, -0.25) is 10.8 Å². The summed E-state index contributed by atoms with van der Waals surface area (Å²) in [7, 11) is 0. The second-order valence-electron chi connectivity index (χ2n) is 4.89. The van der Waals surface area contributed by atoms with Gasteiger partial charge in [0.2, 0.25) is 0 Å². The fraction of sp³-hybridized carbons (Fsp3) is 0.312. The monoisotopic (exact) mass is 255 g/mol. The summed E-state index contributed by atoms with van der Waals surface area (Å²) in [4.78, 5) is 4.24. The van der Waals surface area contributed by atoms with Crippen molar-refractivity contribution < 1.29 is 0 Å². The molecule has 1 aromatic heterocycles. The largest absolute Gasteiger partial charge is 0.271 e. The molecule has 0 spiro atoms. The molecule has 100 valence electrons. The Hall–Kier alpha value is -1.71. The number of hydrogen-bond acceptors (Lipinski definition) is 3. The van der Waals surface area contributed by atoms with Crippen LogP contribution < -0.4 is 11.3 Å². The third-order valence-corrected chi connectivity index (χ3v) is 3.22. The van der Waals surface area contributed by atoms with Crippen molar-refractivity contribution in [2.45, 2.75) is 32.7 Å². The number of aryl methyl sites for hydroxylation is 2. The minimum absolute atomic E-state index is 0.00999. The number of benzene rings is 1. The second-order valence-corrected chi connectivity index (χ2v) is 4.89. The van der Waals surface area contributed by atoms with Crippen LogP contribution in [-0.2, 0) is 6.42 Å². The molecule has 0 amide bonds. The lowest BCUT2D eigenvalue weighted by Gasteiger charge is -2.17. The summed E-state index contributed by atoms with van der Waals surface area (Å²) in [6.45, 7) is 4.23. The first-order valence-electron chi connectivity index (χ1n) is 6.71. The van der Waals surface area contributed by atoms with Crippen LogP contribution in [0, 0.1) is 6.92 Å². The van der Waals surface area contributed by atoms with Crippen molar-refractivity contribution in [1.29, 1.82) is 0 Å². The highest BCUT2D eigenvalue weighted by Gasteiger charge is 2.13. The van der Waals surface area contributed by atoms with Crippen LogP contribution in [0.5, 0.6) is 0 Å². The number of pyridine rings is 1. The van der Waals surface area contributed by atoms with Crippen LogP contribution >= 0.6 is 0 Å². The zero-order valence-electron chi connectivity index (χ0n) is 11.6. The fourth-order valence-electron chi connectivity index (χ4n) is 2.34. The van der Waals surface area contributed by atoms with E-state index in [1.54, 1.807) is 0 Å². The lowest BCUT2D eigenvalue weighted by molar-refractivity contribution is 0.633. The van der Waals surface area contributed by atoms with Gasteiger partial charge in [-0.15, -0.1) is 0 Å². The summed E-state index contributed by atoms with van der Waals surface area (Å²) >= 11 is 0. The zero-order chi connectivity index (χ0) is 13.7. The van der Waals surface area contributed by atoms with Gasteiger partial charge in [-0.05, 0) is 35.6 Å². The molecule has 0 bridgehead atoms. The standard InChI is InChI=1S/C16H21N3/c1-3-5-13-6-4-7-14(9-13)16(19-17)15-8-12(2)10-18-11-15/h4,6-11,16,19H,3,5,17H2,1-2H3. The molecule has 1 heterocycles. The van der Waals surface area contributed by atoms with Gasteiger partial charge in [-0.25, -0.2) is 5.43 Å². The summed E-state index contributed by atoms with van der Waals surface area (Å²) in [5.74, 6) is 5.73. The third-order valence-electron chi connectivity index (χ3n) is 3.22. The summed E-state index contributed by atoms with van der Waals surface area (Å²) in [6, 6.07) is 10.7. The number of nitrogens with two attached hydrogens (primary N) is 1. The molecule has 3 heteroatoms. The Morgan fingerprint density at radius 2 is 2.05 bits per heavy atom. The van der Waals surface area contributed by atoms with Crippen LogP contribution in [0.1, 0.15) is 41.6 Å². The molecule has 0 saturated carbocycles. The highest BCUT2D eigenvalue weighted by Crippen LogP contribution is 2.22. The van der Waals surface area contributed by atoms with Gasteiger partial charge in [0.1, 0.15) is 0 Å². The van der Waals surface area contributed by atoms with Gasteiger partial charge >= 0.3 is 0 Å². The SMILES string of the molecule is CCCc1cccc(C(NN)c2cncc(C)c2)c1. The molecular weight excluding hydrogens is 234 g/mol. The zero-order valence-corrected chi connectivity index (χ0v) is 11.6. The van der Waals surface area contributed by atoms with E-state index >= 15 is 0 Å². The Kier molecular flexibility index (Phi) is 4.66. The van der Waals surface area contributed by atoms with Gasteiger partial charge in [0.05, 0.1) is 6.04 Å². The first-order chi connectivity index (χ1) is 9.24. The molecule has 1 unspecified atom stereocenters. The van der Waals surface area contributed by atoms with Gasteiger partial charge in [-0.2, -0.15) is 0 Å². The van der Waals surface area contributed by atoms with Gasteiger partial charge in [0, 0.05) is 12.4 Å². The Morgan fingerprint density at radius 1 is 1.21 bits per heavy atom. The molecular formula is C16H21N3. The molecule has 1 aromatic carbocycles. The van der Waals surface area contributed by atoms with Crippen LogP contribution in [0.15, 0.2) is 42.7 Å². The second kappa shape index (κ2) is 6.45. The maximum atomic E-state index is 5.73. The highest BCUT2D eigenvalue weighted by molar-refractivity contribution is 5.34. The van der Waals surface area contributed by atoms with Crippen molar-refractivity contribution in [2.75, 3.05) is 0 Å². The van der Waals surface area contributed by atoms with E-state index in [1.807, 2.05) is 19.3 Å². The van der Waals surface area contributed by atoms with Crippen molar-refractivity contribution >= 4 is 0 Å². The van der Waals surface area contributed by atoms with Crippen LogP contribution in [0.2, 0.25) is 0 Å². The van der Waals surface area contributed by atoms with E-state index in [4.69, 9.17) is 5.84 Å². The Morgan fingerprint density at radius 3 is 2.74 bits per heavy atom. The lowest BCUT2D eigenvalue weighted by Crippen LogP contribution is -2.29.